The SMILES string of the molecule is CC(=O)CC(=O)O.CCCCCCCC/C=C\CCCCCCCCO. The van der Waals surface area contributed by atoms with Gasteiger partial charge in [-0.2, -0.15) is 0 Å². The van der Waals surface area contributed by atoms with Crippen LogP contribution in [0.3, 0.4) is 0 Å². The van der Waals surface area contributed by atoms with Crippen LogP contribution in [0.5, 0.6) is 0 Å². The number of unbranched alkanes of at least 4 members (excludes halogenated alkanes) is 12. The molecule has 0 aliphatic heterocycles. The Balaban J connectivity index is 0. The molecule has 4 nitrogen and oxygen atoms in total. The summed E-state index contributed by atoms with van der Waals surface area (Å²) in [5.41, 5.74) is 0. The van der Waals surface area contributed by atoms with Gasteiger partial charge in [0.15, 0.2) is 0 Å². The lowest BCUT2D eigenvalue weighted by atomic mass is 10.1. The van der Waals surface area contributed by atoms with E-state index in [2.05, 4.69) is 19.1 Å². The molecule has 4 heteroatoms. The molecular formula is C22H42O4. The Kier molecular flexibility index (Phi) is 24.8. The second-order valence-electron chi connectivity index (χ2n) is 6.93. The number of carbonyl (C=O) groups is 2. The molecule has 26 heavy (non-hydrogen) atoms. The fourth-order valence-electron chi connectivity index (χ4n) is 2.57. The molecule has 0 amide bonds. The van der Waals surface area contributed by atoms with Crippen molar-refractivity contribution in [3.63, 3.8) is 0 Å². The molecule has 0 atom stereocenters. The normalized spacial score (nSPS) is 10.6. The van der Waals surface area contributed by atoms with E-state index < -0.39 is 5.97 Å². The average Bonchev–Trinajstić information content (AvgIpc) is 2.58. The maximum absolute atomic E-state index is 9.87. The minimum atomic E-state index is -1.06. The Morgan fingerprint density at radius 3 is 1.50 bits per heavy atom. The van der Waals surface area contributed by atoms with Crippen LogP contribution in [0.4, 0.5) is 0 Å². The molecule has 154 valence electrons. The van der Waals surface area contributed by atoms with E-state index in [1.54, 1.807) is 0 Å². The second kappa shape index (κ2) is 23.8. The molecule has 0 radical (unpaired) electrons. The molecule has 0 heterocycles. The predicted octanol–water partition coefficient (Wildman–Crippen LogP) is 6.07. The summed E-state index contributed by atoms with van der Waals surface area (Å²) in [6.45, 7) is 3.88. The molecule has 0 saturated carbocycles. The van der Waals surface area contributed by atoms with Gasteiger partial charge < -0.3 is 10.2 Å². The van der Waals surface area contributed by atoms with Crippen LogP contribution in [-0.4, -0.2) is 28.6 Å². The van der Waals surface area contributed by atoms with Gasteiger partial charge in [0, 0.05) is 6.61 Å². The number of rotatable bonds is 17. The molecule has 0 aliphatic rings. The molecule has 0 aromatic carbocycles. The third-order valence-corrected chi connectivity index (χ3v) is 4.07. The van der Waals surface area contributed by atoms with Gasteiger partial charge in [0.2, 0.25) is 0 Å². The summed E-state index contributed by atoms with van der Waals surface area (Å²) < 4.78 is 0. The zero-order chi connectivity index (χ0) is 19.9. The molecule has 0 bridgehead atoms. The van der Waals surface area contributed by atoms with Crippen LogP contribution in [0.1, 0.15) is 110 Å². The maximum atomic E-state index is 9.87. The van der Waals surface area contributed by atoms with E-state index in [0.29, 0.717) is 6.61 Å². The van der Waals surface area contributed by atoms with Crippen molar-refractivity contribution in [2.75, 3.05) is 6.61 Å². The first-order valence-corrected chi connectivity index (χ1v) is 10.5. The Morgan fingerprint density at radius 1 is 0.731 bits per heavy atom. The summed E-state index contributed by atoms with van der Waals surface area (Å²) in [5, 5.41) is 16.5. The first-order chi connectivity index (χ1) is 12.5. The highest BCUT2D eigenvalue weighted by atomic mass is 16.4. The van der Waals surface area contributed by atoms with Crippen LogP contribution in [-0.2, 0) is 9.59 Å². The minimum Gasteiger partial charge on any atom is -0.481 e. The van der Waals surface area contributed by atoms with Gasteiger partial charge in [0.1, 0.15) is 12.2 Å². The highest BCUT2D eigenvalue weighted by Crippen LogP contribution is 2.09. The fraction of sp³-hybridized carbons (Fsp3) is 0.818. The number of ketones is 1. The smallest absolute Gasteiger partial charge is 0.310 e. The fourth-order valence-corrected chi connectivity index (χ4v) is 2.57. The number of Topliss-reactive ketones (excluding diaryl/α,β-unsaturated/α-hetero) is 1. The number of aliphatic hydroxyl groups is 1. The monoisotopic (exact) mass is 370 g/mol. The van der Waals surface area contributed by atoms with Crippen LogP contribution in [0.15, 0.2) is 12.2 Å². The number of hydrogen-bond acceptors (Lipinski definition) is 3. The topological polar surface area (TPSA) is 74.6 Å². The maximum Gasteiger partial charge on any atom is 0.310 e. The van der Waals surface area contributed by atoms with Gasteiger partial charge in [0.05, 0.1) is 0 Å². The van der Waals surface area contributed by atoms with Crippen molar-refractivity contribution in [2.24, 2.45) is 0 Å². The van der Waals surface area contributed by atoms with Gasteiger partial charge in [-0.1, -0.05) is 76.9 Å². The van der Waals surface area contributed by atoms with E-state index in [1.807, 2.05) is 0 Å². The molecular weight excluding hydrogens is 328 g/mol. The number of allylic oxidation sites excluding steroid dienone is 2. The standard InChI is InChI=1S/C18H36O.C4H6O3/c1-2-3-4-5-6-7-8-9-10-11-12-13-14-15-16-17-18-19;1-3(5)2-4(6)7/h9-10,19H,2-8,11-18H2,1H3;2H2,1H3,(H,6,7)/b10-9-;. The molecule has 0 aliphatic carbocycles. The number of carbonyl (C=O) groups excluding carboxylic acids is 1. The molecule has 0 spiro atoms. The van der Waals surface area contributed by atoms with Crippen molar-refractivity contribution >= 4 is 11.8 Å². The van der Waals surface area contributed by atoms with Crippen molar-refractivity contribution in [3.05, 3.63) is 12.2 Å². The van der Waals surface area contributed by atoms with Crippen molar-refractivity contribution in [3.8, 4) is 0 Å². The lowest BCUT2D eigenvalue weighted by Gasteiger charge is -1.99. The van der Waals surface area contributed by atoms with Crippen molar-refractivity contribution in [1.82, 2.24) is 0 Å². The third-order valence-electron chi connectivity index (χ3n) is 4.07. The highest BCUT2D eigenvalue weighted by Gasteiger charge is 1.98. The summed E-state index contributed by atoms with van der Waals surface area (Å²) >= 11 is 0. The highest BCUT2D eigenvalue weighted by molar-refractivity contribution is 5.93. The van der Waals surface area contributed by atoms with Crippen LogP contribution >= 0.6 is 0 Å². The van der Waals surface area contributed by atoms with Gasteiger partial charge in [0.25, 0.3) is 0 Å². The van der Waals surface area contributed by atoms with Crippen LogP contribution in [0.2, 0.25) is 0 Å². The predicted molar refractivity (Wildman–Crippen MR) is 109 cm³/mol. The van der Waals surface area contributed by atoms with E-state index in [-0.39, 0.29) is 12.2 Å². The van der Waals surface area contributed by atoms with E-state index in [9.17, 15) is 9.59 Å². The number of carboxylic acids is 1. The van der Waals surface area contributed by atoms with Gasteiger partial charge in [-0.05, 0) is 39.0 Å². The molecule has 0 aromatic rings. The minimum absolute atomic E-state index is 0.312. The Hall–Kier alpha value is -1.16. The number of hydrogen-bond donors (Lipinski definition) is 2. The molecule has 0 saturated heterocycles. The Labute approximate surface area is 161 Å². The van der Waals surface area contributed by atoms with Crippen molar-refractivity contribution < 1.29 is 19.8 Å². The quantitative estimate of drug-likeness (QED) is 0.185. The van der Waals surface area contributed by atoms with Crippen LogP contribution in [0, 0.1) is 0 Å². The number of aliphatic hydroxyl groups excluding tert-OH is 1. The third kappa shape index (κ3) is 30.7. The summed E-state index contributed by atoms with van der Waals surface area (Å²) in [7, 11) is 0. The van der Waals surface area contributed by atoms with Crippen LogP contribution < -0.4 is 0 Å². The van der Waals surface area contributed by atoms with E-state index in [4.69, 9.17) is 10.2 Å². The molecule has 0 fully saturated rings. The Bertz CT molecular complexity index is 325. The molecule has 0 aromatic heterocycles. The van der Waals surface area contributed by atoms with Gasteiger partial charge >= 0.3 is 5.97 Å². The average molecular weight is 371 g/mol. The summed E-state index contributed by atoms with van der Waals surface area (Å²) in [4.78, 5) is 19.5. The number of aliphatic carboxylic acids is 1. The van der Waals surface area contributed by atoms with Gasteiger partial charge in [-0.25, -0.2) is 0 Å². The van der Waals surface area contributed by atoms with Crippen LogP contribution in [0.25, 0.3) is 0 Å². The zero-order valence-corrected chi connectivity index (χ0v) is 17.2. The summed E-state index contributed by atoms with van der Waals surface area (Å²) in [6.07, 6.45) is 22.8. The summed E-state index contributed by atoms with van der Waals surface area (Å²) in [5.74, 6) is -1.37. The van der Waals surface area contributed by atoms with E-state index >= 15 is 0 Å². The Morgan fingerprint density at radius 2 is 1.15 bits per heavy atom. The van der Waals surface area contributed by atoms with Crippen molar-refractivity contribution in [1.29, 1.82) is 0 Å². The first-order valence-electron chi connectivity index (χ1n) is 10.5. The van der Waals surface area contributed by atoms with E-state index in [1.165, 1.54) is 90.4 Å². The molecule has 0 unspecified atom stereocenters. The first kappa shape index (κ1) is 27.1. The molecule has 0 rings (SSSR count). The van der Waals surface area contributed by atoms with Crippen molar-refractivity contribution in [2.45, 2.75) is 110 Å². The number of carboxylic acid groups (broad SMARTS) is 1. The molecule has 2 N–H and O–H groups in total. The van der Waals surface area contributed by atoms with Gasteiger partial charge in [-0.3, -0.25) is 9.59 Å². The summed E-state index contributed by atoms with van der Waals surface area (Å²) in [6, 6.07) is 0. The largest absolute Gasteiger partial charge is 0.481 e. The lowest BCUT2D eigenvalue weighted by Crippen LogP contribution is -2.00. The van der Waals surface area contributed by atoms with Gasteiger partial charge in [-0.15, -0.1) is 0 Å². The van der Waals surface area contributed by atoms with E-state index in [0.717, 1.165) is 6.42 Å². The lowest BCUT2D eigenvalue weighted by molar-refractivity contribution is -0.139. The zero-order valence-electron chi connectivity index (χ0n) is 17.2. The second-order valence-corrected chi connectivity index (χ2v) is 6.93.